The molecule has 2 N–H and O–H groups in total. The van der Waals surface area contributed by atoms with Gasteiger partial charge in [-0.3, -0.25) is 4.79 Å². The van der Waals surface area contributed by atoms with E-state index in [1.54, 1.807) is 18.2 Å². The van der Waals surface area contributed by atoms with Gasteiger partial charge in [0.1, 0.15) is 0 Å². The van der Waals surface area contributed by atoms with Crippen LogP contribution in [-0.4, -0.2) is 44.0 Å². The van der Waals surface area contributed by atoms with Crippen LogP contribution in [0.15, 0.2) is 18.2 Å². The second-order valence-electron chi connectivity index (χ2n) is 6.10. The minimum atomic E-state index is -0.0218. The largest absolute Gasteiger partial charge is 0.325 e. The lowest BCUT2D eigenvalue weighted by atomic mass is 9.93. The number of piperidine rings is 1. The fraction of sp³-hybridized carbons (Fsp3) is 0.588. The van der Waals surface area contributed by atoms with Gasteiger partial charge in [-0.05, 0) is 70.1 Å². The fourth-order valence-corrected chi connectivity index (χ4v) is 3.25. The zero-order chi connectivity index (χ0) is 16.7. The molecule has 1 aromatic carbocycles. The van der Waals surface area contributed by atoms with Crippen molar-refractivity contribution in [3.05, 3.63) is 28.2 Å². The molecular weight excluding hydrogens is 369 g/mol. The van der Waals surface area contributed by atoms with E-state index in [1.807, 2.05) is 7.05 Å². The number of rotatable bonds is 7. The smallest absolute Gasteiger partial charge is 0.225 e. The first-order valence-corrected chi connectivity index (χ1v) is 8.96. The van der Waals surface area contributed by atoms with Crippen molar-refractivity contribution < 1.29 is 4.79 Å². The van der Waals surface area contributed by atoms with E-state index < -0.39 is 0 Å². The van der Waals surface area contributed by atoms with E-state index in [-0.39, 0.29) is 18.3 Å². The van der Waals surface area contributed by atoms with E-state index in [1.165, 1.54) is 19.3 Å². The van der Waals surface area contributed by atoms with Gasteiger partial charge in [0.05, 0.1) is 10.7 Å². The zero-order valence-electron chi connectivity index (χ0n) is 14.0. The summed E-state index contributed by atoms with van der Waals surface area (Å²) in [6, 6.07) is 5.07. The summed E-state index contributed by atoms with van der Waals surface area (Å²) in [6.07, 6.45) is 4.18. The predicted octanol–water partition coefficient (Wildman–Crippen LogP) is 4.07. The first kappa shape index (κ1) is 21.5. The van der Waals surface area contributed by atoms with Crippen molar-refractivity contribution in [2.75, 3.05) is 38.5 Å². The van der Waals surface area contributed by atoms with Crippen molar-refractivity contribution in [1.29, 1.82) is 0 Å². The van der Waals surface area contributed by atoms with Gasteiger partial charge in [-0.2, -0.15) is 0 Å². The molecule has 0 aromatic heterocycles. The number of halogens is 3. The molecule has 1 heterocycles. The van der Waals surface area contributed by atoms with Gasteiger partial charge in [-0.25, -0.2) is 0 Å². The third kappa shape index (κ3) is 7.16. The fourth-order valence-electron chi connectivity index (χ4n) is 2.91. The third-order valence-corrected chi connectivity index (χ3v) is 4.93. The molecule has 0 atom stereocenters. The molecule has 0 spiro atoms. The number of nitrogens with one attached hydrogen (secondary N) is 2. The van der Waals surface area contributed by atoms with Crippen LogP contribution in [0, 0.1) is 5.92 Å². The van der Waals surface area contributed by atoms with Crippen LogP contribution < -0.4 is 10.6 Å². The molecule has 0 unspecified atom stereocenters. The molecule has 0 aliphatic carbocycles. The summed E-state index contributed by atoms with van der Waals surface area (Å²) in [7, 11) is 2.00. The van der Waals surface area contributed by atoms with E-state index in [4.69, 9.17) is 23.2 Å². The molecule has 1 amide bonds. The summed E-state index contributed by atoms with van der Waals surface area (Å²) in [5.41, 5.74) is 0.579. The van der Waals surface area contributed by atoms with E-state index in [2.05, 4.69) is 15.5 Å². The van der Waals surface area contributed by atoms with E-state index in [0.29, 0.717) is 22.2 Å². The predicted molar refractivity (Wildman–Crippen MR) is 105 cm³/mol. The van der Waals surface area contributed by atoms with Crippen molar-refractivity contribution >= 4 is 47.2 Å². The average Bonchev–Trinajstić information content (AvgIpc) is 2.55. The van der Waals surface area contributed by atoms with Gasteiger partial charge in [0.25, 0.3) is 0 Å². The van der Waals surface area contributed by atoms with Gasteiger partial charge in [0.2, 0.25) is 5.91 Å². The Bertz CT molecular complexity index is 520. The molecule has 1 aliphatic rings. The maximum absolute atomic E-state index is 12.1. The second-order valence-corrected chi connectivity index (χ2v) is 6.94. The summed E-state index contributed by atoms with van der Waals surface area (Å²) in [5.74, 6) is 0.796. The Morgan fingerprint density at radius 1 is 1.29 bits per heavy atom. The highest BCUT2D eigenvalue weighted by molar-refractivity contribution is 6.35. The SMILES string of the molecule is CNCCC1CCN(CCC(=O)Nc2cc(Cl)ccc2Cl)CC1.Cl. The van der Waals surface area contributed by atoms with Crippen LogP contribution in [0.3, 0.4) is 0 Å². The quantitative estimate of drug-likeness (QED) is 0.733. The number of anilines is 1. The highest BCUT2D eigenvalue weighted by atomic mass is 35.5. The minimum Gasteiger partial charge on any atom is -0.325 e. The van der Waals surface area contributed by atoms with Crippen LogP contribution >= 0.6 is 35.6 Å². The molecule has 0 radical (unpaired) electrons. The second kappa shape index (κ2) is 11.2. The van der Waals surface area contributed by atoms with Crippen molar-refractivity contribution in [1.82, 2.24) is 10.2 Å². The molecule has 1 aliphatic heterocycles. The van der Waals surface area contributed by atoms with Crippen LogP contribution in [-0.2, 0) is 4.79 Å². The number of benzene rings is 1. The van der Waals surface area contributed by atoms with Crippen LogP contribution in [0.4, 0.5) is 5.69 Å². The summed E-state index contributed by atoms with van der Waals surface area (Å²) in [6.45, 7) is 4.05. The molecular formula is C17H26Cl3N3O. The third-order valence-electron chi connectivity index (χ3n) is 4.37. The molecule has 136 valence electrons. The maximum Gasteiger partial charge on any atom is 0.225 e. The summed E-state index contributed by atoms with van der Waals surface area (Å²) in [5, 5.41) is 7.12. The van der Waals surface area contributed by atoms with Crippen molar-refractivity contribution in [2.45, 2.75) is 25.7 Å². The number of carbonyl (C=O) groups excluding carboxylic acids is 1. The Morgan fingerprint density at radius 2 is 2.00 bits per heavy atom. The van der Waals surface area contributed by atoms with Crippen molar-refractivity contribution in [3.63, 3.8) is 0 Å². The van der Waals surface area contributed by atoms with Crippen LogP contribution in [0.1, 0.15) is 25.7 Å². The first-order chi connectivity index (χ1) is 11.1. The Kier molecular flexibility index (Phi) is 10.0. The highest BCUT2D eigenvalue weighted by Crippen LogP contribution is 2.25. The Balaban J connectivity index is 0.00000288. The number of nitrogens with zero attached hydrogens (tertiary/aromatic N) is 1. The Labute approximate surface area is 160 Å². The van der Waals surface area contributed by atoms with Crippen LogP contribution in [0.2, 0.25) is 10.0 Å². The number of carbonyl (C=O) groups is 1. The molecule has 1 saturated heterocycles. The van der Waals surface area contributed by atoms with Crippen molar-refractivity contribution in [2.24, 2.45) is 5.92 Å². The normalized spacial score (nSPS) is 15.8. The topological polar surface area (TPSA) is 44.4 Å². The van der Waals surface area contributed by atoms with Crippen molar-refractivity contribution in [3.8, 4) is 0 Å². The van der Waals surface area contributed by atoms with Crippen LogP contribution in [0.5, 0.6) is 0 Å². The minimum absolute atomic E-state index is 0. The molecule has 24 heavy (non-hydrogen) atoms. The Hall–Kier alpha value is -0.520. The van der Waals surface area contributed by atoms with Gasteiger partial charge in [-0.1, -0.05) is 23.2 Å². The van der Waals surface area contributed by atoms with Gasteiger partial charge in [0.15, 0.2) is 0 Å². The van der Waals surface area contributed by atoms with Crippen LogP contribution in [0.25, 0.3) is 0 Å². The lowest BCUT2D eigenvalue weighted by Gasteiger charge is -2.31. The zero-order valence-corrected chi connectivity index (χ0v) is 16.3. The summed E-state index contributed by atoms with van der Waals surface area (Å²) in [4.78, 5) is 14.4. The van der Waals surface area contributed by atoms with E-state index >= 15 is 0 Å². The highest BCUT2D eigenvalue weighted by Gasteiger charge is 2.19. The molecule has 7 heteroatoms. The van der Waals surface area contributed by atoms with Gasteiger partial charge in [0, 0.05) is 18.0 Å². The van der Waals surface area contributed by atoms with Gasteiger partial charge in [-0.15, -0.1) is 12.4 Å². The molecule has 2 rings (SSSR count). The lowest BCUT2D eigenvalue weighted by Crippen LogP contribution is -2.36. The summed E-state index contributed by atoms with van der Waals surface area (Å²) >= 11 is 12.0. The average molecular weight is 395 g/mol. The molecule has 4 nitrogen and oxygen atoms in total. The standard InChI is InChI=1S/C17H25Cl2N3O.ClH/c1-20-8-4-13-5-9-22(10-6-13)11-7-17(23)21-16-12-14(18)2-3-15(16)19;/h2-3,12-13,20H,4-11H2,1H3,(H,21,23);1H. The molecule has 1 fully saturated rings. The van der Waals surface area contributed by atoms with Gasteiger partial charge >= 0.3 is 0 Å². The molecule has 1 aromatic rings. The first-order valence-electron chi connectivity index (χ1n) is 8.20. The Morgan fingerprint density at radius 3 is 2.67 bits per heavy atom. The monoisotopic (exact) mass is 393 g/mol. The van der Waals surface area contributed by atoms with E-state index in [9.17, 15) is 4.79 Å². The number of hydrogen-bond donors (Lipinski definition) is 2. The number of amides is 1. The summed E-state index contributed by atoms with van der Waals surface area (Å²) < 4.78 is 0. The van der Waals surface area contributed by atoms with E-state index in [0.717, 1.165) is 32.1 Å². The maximum atomic E-state index is 12.1. The molecule has 0 bridgehead atoms. The lowest BCUT2D eigenvalue weighted by molar-refractivity contribution is -0.116. The van der Waals surface area contributed by atoms with Gasteiger partial charge < -0.3 is 15.5 Å². The number of hydrogen-bond acceptors (Lipinski definition) is 3. The number of likely N-dealkylation sites (tertiary alicyclic amines) is 1. The molecule has 0 saturated carbocycles.